The average molecular weight is 445 g/mol. The van der Waals surface area contributed by atoms with Crippen molar-refractivity contribution in [2.45, 2.75) is 59.4 Å². The molecule has 4 rings (SSSR count). The number of halogens is 2. The van der Waals surface area contributed by atoms with Crippen molar-refractivity contribution in [3.05, 3.63) is 41.1 Å². The Morgan fingerprint density at radius 1 is 1.09 bits per heavy atom. The number of carbonyl (C=O) groups excluding carboxylic acids is 1. The first-order valence-electron chi connectivity index (χ1n) is 11.2. The molecule has 0 unspecified atom stereocenters. The van der Waals surface area contributed by atoms with Gasteiger partial charge in [-0.3, -0.25) is 4.79 Å². The summed E-state index contributed by atoms with van der Waals surface area (Å²) < 4.78 is 33.6. The standard InChI is InChI=1S/C24H30F2N4O2/c1-24(2,3)14-21(31)30-12-9-19-17(15-30)22(32-20-8-7-16(25)13-18(20)26)28-23(27-19)29-10-5-4-6-11-29/h7-8,13H,4-6,9-12,14-15H2,1-3H3. The molecule has 1 fully saturated rings. The maximum absolute atomic E-state index is 14.3. The Kier molecular flexibility index (Phi) is 6.31. The molecule has 3 heterocycles. The van der Waals surface area contributed by atoms with Crippen LogP contribution in [-0.2, 0) is 17.8 Å². The van der Waals surface area contributed by atoms with E-state index in [1.807, 2.05) is 20.8 Å². The molecule has 2 aromatic rings. The minimum absolute atomic E-state index is 0.0576. The number of anilines is 1. The lowest BCUT2D eigenvalue weighted by atomic mass is 9.91. The SMILES string of the molecule is CC(C)(C)CC(=O)N1CCc2nc(N3CCCCC3)nc(Oc3ccc(F)cc3F)c2C1. The highest BCUT2D eigenvalue weighted by molar-refractivity contribution is 5.77. The molecule has 1 saturated heterocycles. The van der Waals surface area contributed by atoms with E-state index in [1.165, 1.54) is 12.5 Å². The summed E-state index contributed by atoms with van der Waals surface area (Å²) >= 11 is 0. The maximum atomic E-state index is 14.3. The number of hydrogen-bond donors (Lipinski definition) is 0. The summed E-state index contributed by atoms with van der Waals surface area (Å²) in [5, 5.41) is 0. The van der Waals surface area contributed by atoms with Crippen molar-refractivity contribution in [2.24, 2.45) is 5.41 Å². The smallest absolute Gasteiger partial charge is 0.229 e. The molecule has 0 N–H and O–H groups in total. The lowest BCUT2D eigenvalue weighted by Crippen LogP contribution is -2.39. The number of fused-ring (bicyclic) bond motifs is 1. The highest BCUT2D eigenvalue weighted by Gasteiger charge is 2.30. The minimum Gasteiger partial charge on any atom is -0.435 e. The molecule has 0 aliphatic carbocycles. The van der Waals surface area contributed by atoms with Gasteiger partial charge in [0.1, 0.15) is 5.82 Å². The zero-order chi connectivity index (χ0) is 22.9. The van der Waals surface area contributed by atoms with E-state index in [0.717, 1.165) is 43.8 Å². The Hall–Kier alpha value is -2.77. The summed E-state index contributed by atoms with van der Waals surface area (Å²) in [6.07, 6.45) is 4.32. The summed E-state index contributed by atoms with van der Waals surface area (Å²) in [5.74, 6) is -0.720. The normalized spacial score (nSPS) is 16.7. The Labute approximate surface area is 187 Å². The molecule has 0 spiro atoms. The van der Waals surface area contributed by atoms with Gasteiger partial charge in [-0.2, -0.15) is 4.98 Å². The molecule has 1 amide bonds. The molecule has 1 aromatic carbocycles. The second-order valence-corrected chi connectivity index (χ2v) is 9.78. The van der Waals surface area contributed by atoms with Crippen LogP contribution in [0.5, 0.6) is 11.6 Å². The molecule has 8 heteroatoms. The van der Waals surface area contributed by atoms with Crippen molar-refractivity contribution >= 4 is 11.9 Å². The molecule has 0 atom stereocenters. The lowest BCUT2D eigenvalue weighted by Gasteiger charge is -2.33. The van der Waals surface area contributed by atoms with Crippen LogP contribution in [-0.4, -0.2) is 40.4 Å². The van der Waals surface area contributed by atoms with Crippen LogP contribution in [0.25, 0.3) is 0 Å². The molecule has 2 aliphatic heterocycles. The fourth-order valence-corrected chi connectivity index (χ4v) is 4.13. The second kappa shape index (κ2) is 9.00. The number of aromatic nitrogens is 2. The molecular weight excluding hydrogens is 414 g/mol. The first-order valence-corrected chi connectivity index (χ1v) is 11.2. The second-order valence-electron chi connectivity index (χ2n) is 9.78. The van der Waals surface area contributed by atoms with Gasteiger partial charge in [-0.25, -0.2) is 13.8 Å². The van der Waals surface area contributed by atoms with Crippen molar-refractivity contribution < 1.29 is 18.3 Å². The fourth-order valence-electron chi connectivity index (χ4n) is 4.13. The molecule has 1 aromatic heterocycles. The molecule has 6 nitrogen and oxygen atoms in total. The highest BCUT2D eigenvalue weighted by Crippen LogP contribution is 2.34. The van der Waals surface area contributed by atoms with Gasteiger partial charge in [0.15, 0.2) is 11.6 Å². The summed E-state index contributed by atoms with van der Waals surface area (Å²) in [4.78, 5) is 26.2. The molecule has 0 saturated carbocycles. The third-order valence-corrected chi connectivity index (χ3v) is 5.78. The monoisotopic (exact) mass is 444 g/mol. The Balaban J connectivity index is 1.68. The predicted molar refractivity (Wildman–Crippen MR) is 118 cm³/mol. The Bertz CT molecular complexity index is 1000. The van der Waals surface area contributed by atoms with E-state index in [0.29, 0.717) is 37.4 Å². The van der Waals surface area contributed by atoms with Crippen molar-refractivity contribution in [3.8, 4) is 11.6 Å². The zero-order valence-electron chi connectivity index (χ0n) is 19.0. The third kappa shape index (κ3) is 5.16. The number of benzene rings is 1. The number of piperidine rings is 1. The van der Waals surface area contributed by atoms with Crippen LogP contribution in [0, 0.1) is 17.0 Å². The largest absolute Gasteiger partial charge is 0.435 e. The van der Waals surface area contributed by atoms with Gasteiger partial charge in [-0.1, -0.05) is 20.8 Å². The van der Waals surface area contributed by atoms with Gasteiger partial charge in [-0.05, 0) is 36.8 Å². The number of ether oxygens (including phenoxy) is 1. The van der Waals surface area contributed by atoms with Gasteiger partial charge >= 0.3 is 0 Å². The fraction of sp³-hybridized carbons (Fsp3) is 0.542. The van der Waals surface area contributed by atoms with E-state index in [4.69, 9.17) is 9.72 Å². The Morgan fingerprint density at radius 2 is 1.84 bits per heavy atom. The van der Waals surface area contributed by atoms with Gasteiger partial charge in [0.05, 0.1) is 17.8 Å². The topological polar surface area (TPSA) is 58.6 Å². The van der Waals surface area contributed by atoms with Gasteiger partial charge in [0.2, 0.25) is 17.7 Å². The van der Waals surface area contributed by atoms with Crippen LogP contribution in [0.3, 0.4) is 0 Å². The van der Waals surface area contributed by atoms with E-state index in [9.17, 15) is 13.6 Å². The quantitative estimate of drug-likeness (QED) is 0.674. The number of carbonyl (C=O) groups is 1. The minimum atomic E-state index is -0.798. The van der Waals surface area contributed by atoms with Gasteiger partial charge < -0.3 is 14.5 Å². The number of amides is 1. The van der Waals surface area contributed by atoms with Crippen LogP contribution >= 0.6 is 0 Å². The van der Waals surface area contributed by atoms with Crippen LogP contribution < -0.4 is 9.64 Å². The molecule has 2 aliphatic rings. The van der Waals surface area contributed by atoms with Crippen LogP contribution in [0.4, 0.5) is 14.7 Å². The van der Waals surface area contributed by atoms with E-state index < -0.39 is 11.6 Å². The molecule has 172 valence electrons. The van der Waals surface area contributed by atoms with Crippen molar-refractivity contribution in [2.75, 3.05) is 24.5 Å². The first-order chi connectivity index (χ1) is 15.2. The average Bonchev–Trinajstić information content (AvgIpc) is 2.74. The Morgan fingerprint density at radius 3 is 2.53 bits per heavy atom. The maximum Gasteiger partial charge on any atom is 0.229 e. The molecular formula is C24H30F2N4O2. The van der Waals surface area contributed by atoms with Crippen molar-refractivity contribution in [1.29, 1.82) is 0 Å². The lowest BCUT2D eigenvalue weighted by molar-refractivity contribution is -0.134. The summed E-state index contributed by atoms with van der Waals surface area (Å²) in [5.41, 5.74) is 1.38. The van der Waals surface area contributed by atoms with E-state index in [1.54, 1.807) is 4.90 Å². The van der Waals surface area contributed by atoms with E-state index >= 15 is 0 Å². The number of rotatable bonds is 4. The van der Waals surface area contributed by atoms with Crippen molar-refractivity contribution in [1.82, 2.24) is 14.9 Å². The van der Waals surface area contributed by atoms with Gasteiger partial charge in [0.25, 0.3) is 0 Å². The summed E-state index contributed by atoms with van der Waals surface area (Å²) in [6.45, 7) is 8.69. The highest BCUT2D eigenvalue weighted by atomic mass is 19.1. The number of nitrogens with zero attached hydrogens (tertiary/aromatic N) is 4. The number of hydrogen-bond acceptors (Lipinski definition) is 5. The molecule has 0 bridgehead atoms. The summed E-state index contributed by atoms with van der Waals surface area (Å²) in [7, 11) is 0. The van der Waals surface area contributed by atoms with Gasteiger partial charge in [0, 0.05) is 38.5 Å². The van der Waals surface area contributed by atoms with Crippen molar-refractivity contribution in [3.63, 3.8) is 0 Å². The van der Waals surface area contributed by atoms with E-state index in [-0.39, 0.29) is 23.0 Å². The third-order valence-electron chi connectivity index (χ3n) is 5.78. The first kappa shape index (κ1) is 22.4. The van der Waals surface area contributed by atoms with Crippen LogP contribution in [0.2, 0.25) is 0 Å². The summed E-state index contributed by atoms with van der Waals surface area (Å²) in [6, 6.07) is 3.19. The van der Waals surface area contributed by atoms with Gasteiger partial charge in [-0.15, -0.1) is 0 Å². The van der Waals surface area contributed by atoms with E-state index in [2.05, 4.69) is 9.88 Å². The zero-order valence-corrected chi connectivity index (χ0v) is 19.0. The molecule has 32 heavy (non-hydrogen) atoms. The molecule has 0 radical (unpaired) electrons. The van der Waals surface area contributed by atoms with Crippen LogP contribution in [0.1, 0.15) is 57.7 Å². The van der Waals surface area contributed by atoms with Crippen LogP contribution in [0.15, 0.2) is 18.2 Å². The predicted octanol–water partition coefficient (Wildman–Crippen LogP) is 4.86.